The molecule has 12 nitrogen and oxygen atoms in total. The van der Waals surface area contributed by atoms with Crippen LogP contribution < -0.4 is 20.1 Å². The molecule has 234 valence electrons. The number of pyridine rings is 1. The number of carbonyl (C=O) groups excluding carboxylic acids is 3. The van der Waals surface area contributed by atoms with Crippen molar-refractivity contribution in [3.05, 3.63) is 83.7 Å². The van der Waals surface area contributed by atoms with Gasteiger partial charge in [-0.2, -0.15) is 0 Å². The lowest BCUT2D eigenvalue weighted by Crippen LogP contribution is -2.42. The van der Waals surface area contributed by atoms with E-state index >= 15 is 0 Å². The number of rotatable bonds is 13. The number of aromatic nitrogens is 1. The molecule has 0 saturated carbocycles. The normalized spacial score (nSPS) is 12.8. The standard InChI is InChI=1S/C30H31F2N3O9/c1-16(2)28(37)42-15-41-26-23(35-30(39)40)13-14-33-24(26)27(36)34-17(3)29(38)43-18(4)25(19-5-7-20(31)8-6-19)44-22-11-9-21(32)10-12-22/h5-14,16-18,25H,15H2,1-4H3,(H,33,35)(H,34,36)(H,39,40)/t17-,18?,25?/m0/s1. The molecule has 0 fully saturated rings. The maximum atomic E-state index is 13.6. The second-order valence-electron chi connectivity index (χ2n) is 9.73. The highest BCUT2D eigenvalue weighted by molar-refractivity contribution is 6.00. The summed E-state index contributed by atoms with van der Waals surface area (Å²) in [6.07, 6.45) is -2.25. The number of anilines is 1. The summed E-state index contributed by atoms with van der Waals surface area (Å²) in [5.41, 5.74) is -0.116. The zero-order valence-electron chi connectivity index (χ0n) is 24.2. The van der Waals surface area contributed by atoms with Gasteiger partial charge in [0.1, 0.15) is 29.5 Å². The van der Waals surface area contributed by atoms with Crippen LogP contribution in [0.15, 0.2) is 60.8 Å². The molecule has 0 aliphatic rings. The van der Waals surface area contributed by atoms with Crippen LogP contribution in [0.3, 0.4) is 0 Å². The molecule has 0 saturated heterocycles. The van der Waals surface area contributed by atoms with Crippen LogP contribution in [-0.4, -0.2) is 53.0 Å². The number of ether oxygens (including phenoxy) is 4. The number of halogens is 2. The van der Waals surface area contributed by atoms with Gasteiger partial charge in [0.25, 0.3) is 5.91 Å². The first-order valence-electron chi connectivity index (χ1n) is 13.3. The second kappa shape index (κ2) is 15.3. The summed E-state index contributed by atoms with van der Waals surface area (Å²) >= 11 is 0. The molecular weight excluding hydrogens is 584 g/mol. The minimum Gasteiger partial charge on any atom is -0.482 e. The van der Waals surface area contributed by atoms with E-state index in [0.29, 0.717) is 5.56 Å². The molecule has 0 aliphatic carbocycles. The number of benzene rings is 2. The maximum absolute atomic E-state index is 13.6. The van der Waals surface area contributed by atoms with Crippen LogP contribution >= 0.6 is 0 Å². The van der Waals surface area contributed by atoms with Gasteiger partial charge in [-0.1, -0.05) is 26.0 Å². The number of amides is 2. The third-order valence-corrected chi connectivity index (χ3v) is 5.94. The molecule has 2 unspecified atom stereocenters. The Hall–Kier alpha value is -5.27. The van der Waals surface area contributed by atoms with Gasteiger partial charge in [-0.05, 0) is 61.9 Å². The van der Waals surface area contributed by atoms with E-state index in [1.54, 1.807) is 13.8 Å². The van der Waals surface area contributed by atoms with Crippen LogP contribution in [-0.2, 0) is 19.1 Å². The van der Waals surface area contributed by atoms with Crippen molar-refractivity contribution in [3.63, 3.8) is 0 Å². The third-order valence-electron chi connectivity index (χ3n) is 5.94. The summed E-state index contributed by atoms with van der Waals surface area (Å²) in [5, 5.41) is 13.7. The zero-order chi connectivity index (χ0) is 32.4. The van der Waals surface area contributed by atoms with Gasteiger partial charge in [0, 0.05) is 6.20 Å². The van der Waals surface area contributed by atoms with Crippen LogP contribution in [0.25, 0.3) is 0 Å². The Balaban J connectivity index is 1.75. The molecule has 0 bridgehead atoms. The lowest BCUT2D eigenvalue weighted by molar-refractivity contribution is -0.155. The van der Waals surface area contributed by atoms with E-state index in [9.17, 15) is 33.1 Å². The number of carbonyl (C=O) groups is 4. The molecule has 0 radical (unpaired) electrons. The quantitative estimate of drug-likeness (QED) is 0.179. The molecule has 2 amide bonds. The molecule has 3 atom stereocenters. The number of nitrogens with one attached hydrogen (secondary N) is 2. The van der Waals surface area contributed by atoms with Gasteiger partial charge < -0.3 is 29.4 Å². The molecule has 3 rings (SSSR count). The van der Waals surface area contributed by atoms with Crippen LogP contribution in [0.4, 0.5) is 19.3 Å². The summed E-state index contributed by atoms with van der Waals surface area (Å²) in [4.78, 5) is 53.1. The summed E-state index contributed by atoms with van der Waals surface area (Å²) in [6.45, 7) is 5.41. The Labute approximate surface area is 251 Å². The molecule has 2 aromatic carbocycles. The fourth-order valence-electron chi connectivity index (χ4n) is 3.70. The average molecular weight is 616 g/mol. The van der Waals surface area contributed by atoms with Crippen molar-refractivity contribution < 1.29 is 52.0 Å². The highest BCUT2D eigenvalue weighted by Crippen LogP contribution is 2.29. The van der Waals surface area contributed by atoms with Gasteiger partial charge >= 0.3 is 18.0 Å². The van der Waals surface area contributed by atoms with Crippen LogP contribution in [0.5, 0.6) is 11.5 Å². The molecule has 44 heavy (non-hydrogen) atoms. The smallest absolute Gasteiger partial charge is 0.409 e. The molecule has 0 aliphatic heterocycles. The third kappa shape index (κ3) is 9.37. The number of hydrogen-bond acceptors (Lipinski definition) is 9. The molecule has 1 heterocycles. The number of carboxylic acid groups (broad SMARTS) is 1. The number of esters is 2. The molecule has 3 aromatic rings. The molecule has 3 N–H and O–H groups in total. The topological polar surface area (TPSA) is 162 Å². The van der Waals surface area contributed by atoms with E-state index < -0.39 is 72.2 Å². The van der Waals surface area contributed by atoms with Crippen molar-refractivity contribution in [1.29, 1.82) is 0 Å². The Morgan fingerprint density at radius 2 is 1.50 bits per heavy atom. The van der Waals surface area contributed by atoms with Gasteiger partial charge in [0.05, 0.1) is 11.6 Å². The fraction of sp³-hybridized carbons (Fsp3) is 0.300. The lowest BCUT2D eigenvalue weighted by atomic mass is 10.0. The SMILES string of the molecule is CC(C)C(=O)OCOc1c(NC(=O)O)ccnc1C(=O)N[C@@H](C)C(=O)OC(C)C(Oc1ccc(F)cc1)c1ccc(F)cc1. The molecule has 1 aromatic heterocycles. The van der Waals surface area contributed by atoms with Crippen molar-refractivity contribution in [3.8, 4) is 11.5 Å². The monoisotopic (exact) mass is 615 g/mol. The van der Waals surface area contributed by atoms with E-state index in [2.05, 4.69) is 15.6 Å². The van der Waals surface area contributed by atoms with Crippen molar-refractivity contribution in [2.75, 3.05) is 12.1 Å². The predicted octanol–water partition coefficient (Wildman–Crippen LogP) is 4.86. The summed E-state index contributed by atoms with van der Waals surface area (Å²) < 4.78 is 48.8. The first-order valence-corrected chi connectivity index (χ1v) is 13.3. The van der Waals surface area contributed by atoms with Gasteiger partial charge in [-0.25, -0.2) is 23.4 Å². The molecular formula is C30H31F2N3O9. The van der Waals surface area contributed by atoms with Crippen molar-refractivity contribution in [2.45, 2.75) is 45.9 Å². The Bertz CT molecular complexity index is 1470. The highest BCUT2D eigenvalue weighted by Gasteiger charge is 2.29. The number of nitrogens with zero attached hydrogens (tertiary/aromatic N) is 1. The minimum absolute atomic E-state index is 0.165. The summed E-state index contributed by atoms with van der Waals surface area (Å²) in [6, 6.07) is 10.4. The largest absolute Gasteiger partial charge is 0.482 e. The first kappa shape index (κ1) is 33.2. The van der Waals surface area contributed by atoms with Crippen LogP contribution in [0.2, 0.25) is 0 Å². The Kier molecular flexibility index (Phi) is 11.5. The van der Waals surface area contributed by atoms with Gasteiger partial charge in [-0.3, -0.25) is 14.9 Å². The minimum atomic E-state index is -1.46. The van der Waals surface area contributed by atoms with Crippen molar-refractivity contribution in [2.24, 2.45) is 5.92 Å². The van der Waals surface area contributed by atoms with E-state index in [1.807, 2.05) is 0 Å². The first-order chi connectivity index (χ1) is 20.8. The zero-order valence-corrected chi connectivity index (χ0v) is 24.2. The van der Waals surface area contributed by atoms with Crippen molar-refractivity contribution >= 4 is 29.6 Å². The van der Waals surface area contributed by atoms with Gasteiger partial charge in [-0.15, -0.1) is 0 Å². The summed E-state index contributed by atoms with van der Waals surface area (Å²) in [5.74, 6) is -3.94. The van der Waals surface area contributed by atoms with Gasteiger partial charge in [0.15, 0.2) is 17.5 Å². The second-order valence-corrected chi connectivity index (χ2v) is 9.73. The van der Waals surface area contributed by atoms with E-state index in [4.69, 9.17) is 18.9 Å². The van der Waals surface area contributed by atoms with Crippen molar-refractivity contribution in [1.82, 2.24) is 10.3 Å². The van der Waals surface area contributed by atoms with Gasteiger partial charge in [0.2, 0.25) is 6.79 Å². The summed E-state index contributed by atoms with van der Waals surface area (Å²) in [7, 11) is 0. The highest BCUT2D eigenvalue weighted by atomic mass is 19.1. The Morgan fingerprint density at radius 3 is 2.09 bits per heavy atom. The molecule has 14 heteroatoms. The molecule has 0 spiro atoms. The van der Waals surface area contributed by atoms with E-state index in [0.717, 1.165) is 6.20 Å². The lowest BCUT2D eigenvalue weighted by Gasteiger charge is -2.27. The number of hydrogen-bond donors (Lipinski definition) is 3. The predicted molar refractivity (Wildman–Crippen MR) is 151 cm³/mol. The maximum Gasteiger partial charge on any atom is 0.409 e. The van der Waals surface area contributed by atoms with Crippen LogP contribution in [0.1, 0.15) is 49.9 Å². The Morgan fingerprint density at radius 1 is 0.886 bits per heavy atom. The van der Waals surface area contributed by atoms with E-state index in [-0.39, 0.29) is 17.2 Å². The van der Waals surface area contributed by atoms with E-state index in [1.165, 1.54) is 68.4 Å². The fourth-order valence-corrected chi connectivity index (χ4v) is 3.70. The van der Waals surface area contributed by atoms with Crippen LogP contribution in [0, 0.1) is 17.6 Å². The average Bonchev–Trinajstić information content (AvgIpc) is 2.97.